The number of sulfone groups is 1. The molecule has 0 aliphatic carbocycles. The van der Waals surface area contributed by atoms with E-state index in [1.807, 2.05) is 0 Å². The SMILES string of the molecule is Cn1c(=O)c2cc(NC(=O)c3ccc(S(C)(=O)=O)cc3)cnc2n(C)c1=O. The maximum Gasteiger partial charge on any atom is 0.332 e. The summed E-state index contributed by atoms with van der Waals surface area (Å²) in [4.78, 5) is 40.8. The Morgan fingerprint density at radius 1 is 1.07 bits per heavy atom. The highest BCUT2D eigenvalue weighted by Crippen LogP contribution is 2.15. The number of carbonyl (C=O) groups is 1. The van der Waals surface area contributed by atoms with E-state index in [9.17, 15) is 22.8 Å². The smallest absolute Gasteiger partial charge is 0.321 e. The minimum atomic E-state index is -3.35. The third-order valence-electron chi connectivity index (χ3n) is 4.10. The highest BCUT2D eigenvalue weighted by atomic mass is 32.2. The molecule has 140 valence electrons. The van der Waals surface area contributed by atoms with Crippen LogP contribution < -0.4 is 16.6 Å². The van der Waals surface area contributed by atoms with Gasteiger partial charge in [0.1, 0.15) is 5.65 Å². The van der Waals surface area contributed by atoms with Gasteiger partial charge in [-0.3, -0.25) is 18.7 Å². The van der Waals surface area contributed by atoms with Crippen LogP contribution in [-0.2, 0) is 23.9 Å². The van der Waals surface area contributed by atoms with E-state index in [1.54, 1.807) is 0 Å². The van der Waals surface area contributed by atoms with E-state index >= 15 is 0 Å². The zero-order valence-corrected chi connectivity index (χ0v) is 15.6. The zero-order chi connectivity index (χ0) is 19.9. The van der Waals surface area contributed by atoms with Crippen LogP contribution in [0.4, 0.5) is 5.69 Å². The van der Waals surface area contributed by atoms with Crippen LogP contribution in [0.1, 0.15) is 10.4 Å². The van der Waals surface area contributed by atoms with Gasteiger partial charge in [0.15, 0.2) is 9.84 Å². The summed E-state index contributed by atoms with van der Waals surface area (Å²) in [6, 6.07) is 6.90. The average molecular weight is 388 g/mol. The topological polar surface area (TPSA) is 120 Å². The van der Waals surface area contributed by atoms with Crippen LogP contribution in [0.25, 0.3) is 11.0 Å². The number of aromatic nitrogens is 3. The molecule has 0 fully saturated rings. The van der Waals surface area contributed by atoms with Gasteiger partial charge >= 0.3 is 5.69 Å². The maximum absolute atomic E-state index is 12.4. The van der Waals surface area contributed by atoms with E-state index in [0.29, 0.717) is 0 Å². The minimum absolute atomic E-state index is 0.107. The van der Waals surface area contributed by atoms with E-state index in [2.05, 4.69) is 10.3 Å². The molecule has 0 spiro atoms. The summed E-state index contributed by atoms with van der Waals surface area (Å²) in [5, 5.41) is 2.79. The number of aryl methyl sites for hydroxylation is 1. The number of hydrogen-bond acceptors (Lipinski definition) is 6. The first-order chi connectivity index (χ1) is 12.6. The average Bonchev–Trinajstić information content (AvgIpc) is 2.64. The highest BCUT2D eigenvalue weighted by Gasteiger charge is 2.13. The number of carbonyl (C=O) groups excluding carboxylic acids is 1. The molecule has 3 rings (SSSR count). The molecule has 0 bridgehead atoms. The standard InChI is InChI=1S/C17H16N4O5S/c1-20-14-13(16(23)21(2)17(20)24)8-11(9-18-14)19-15(22)10-4-6-12(7-5-10)27(3,25)26/h4-9H,1-3H3,(H,19,22). The van der Waals surface area contributed by atoms with E-state index in [4.69, 9.17) is 0 Å². The first-order valence-corrected chi connectivity index (χ1v) is 9.66. The van der Waals surface area contributed by atoms with Crippen molar-refractivity contribution < 1.29 is 13.2 Å². The predicted octanol–water partition coefficient (Wildman–Crippen LogP) is 0.288. The van der Waals surface area contributed by atoms with Crippen molar-refractivity contribution in [2.75, 3.05) is 11.6 Å². The Morgan fingerprint density at radius 3 is 2.30 bits per heavy atom. The second kappa shape index (κ2) is 6.47. The molecular formula is C17H16N4O5S. The van der Waals surface area contributed by atoms with Gasteiger partial charge < -0.3 is 5.32 Å². The lowest BCUT2D eigenvalue weighted by Gasteiger charge is -2.09. The molecule has 0 unspecified atom stereocenters. The molecule has 10 heteroatoms. The van der Waals surface area contributed by atoms with Crippen LogP contribution in [0.2, 0.25) is 0 Å². The molecule has 2 heterocycles. The minimum Gasteiger partial charge on any atom is -0.321 e. The number of hydrogen-bond donors (Lipinski definition) is 1. The first kappa shape index (κ1) is 18.5. The van der Waals surface area contributed by atoms with Crippen LogP contribution in [0.15, 0.2) is 51.0 Å². The lowest BCUT2D eigenvalue weighted by molar-refractivity contribution is 0.102. The molecule has 1 amide bonds. The van der Waals surface area contributed by atoms with Gasteiger partial charge in [-0.2, -0.15) is 0 Å². The Morgan fingerprint density at radius 2 is 1.70 bits per heavy atom. The third kappa shape index (κ3) is 3.38. The van der Waals surface area contributed by atoms with E-state index in [0.717, 1.165) is 10.8 Å². The Bertz CT molecular complexity index is 1290. The van der Waals surface area contributed by atoms with Crippen molar-refractivity contribution in [3.63, 3.8) is 0 Å². The van der Waals surface area contributed by atoms with Gasteiger partial charge in [-0.05, 0) is 30.3 Å². The van der Waals surface area contributed by atoms with Gasteiger partial charge in [-0.25, -0.2) is 18.2 Å². The van der Waals surface area contributed by atoms with Crippen molar-refractivity contribution in [2.24, 2.45) is 14.1 Å². The molecule has 3 aromatic rings. The maximum atomic E-state index is 12.4. The molecule has 0 aliphatic heterocycles. The number of benzene rings is 1. The Kier molecular flexibility index (Phi) is 4.44. The molecule has 0 saturated carbocycles. The fraction of sp³-hybridized carbons (Fsp3) is 0.176. The Balaban J connectivity index is 1.96. The van der Waals surface area contributed by atoms with Crippen molar-refractivity contribution in [1.29, 1.82) is 0 Å². The monoisotopic (exact) mass is 388 g/mol. The van der Waals surface area contributed by atoms with E-state index in [-0.39, 0.29) is 27.2 Å². The Hall–Kier alpha value is -3.27. The third-order valence-corrected chi connectivity index (χ3v) is 5.22. The molecule has 2 aromatic heterocycles. The summed E-state index contributed by atoms with van der Waals surface area (Å²) in [5.74, 6) is -0.488. The molecule has 0 aliphatic rings. The molecule has 27 heavy (non-hydrogen) atoms. The van der Waals surface area contributed by atoms with Crippen LogP contribution >= 0.6 is 0 Å². The quantitative estimate of drug-likeness (QED) is 0.688. The predicted molar refractivity (Wildman–Crippen MR) is 99.7 cm³/mol. The van der Waals surface area contributed by atoms with Gasteiger partial charge in [0.2, 0.25) is 0 Å². The number of rotatable bonds is 3. The number of amides is 1. The summed E-state index contributed by atoms with van der Waals surface area (Å²) < 4.78 is 25.2. The molecule has 0 atom stereocenters. The highest BCUT2D eigenvalue weighted by molar-refractivity contribution is 7.90. The number of nitrogens with zero attached hydrogens (tertiary/aromatic N) is 3. The summed E-state index contributed by atoms with van der Waals surface area (Å²) in [5.41, 5.74) is -0.290. The van der Waals surface area contributed by atoms with Gasteiger partial charge in [-0.1, -0.05) is 0 Å². The molecule has 0 radical (unpaired) electrons. The fourth-order valence-electron chi connectivity index (χ4n) is 2.59. The molecule has 0 saturated heterocycles. The summed E-state index contributed by atoms with van der Waals surface area (Å²) in [6.07, 6.45) is 2.42. The summed E-state index contributed by atoms with van der Waals surface area (Å²) in [6.45, 7) is 0. The largest absolute Gasteiger partial charge is 0.332 e. The van der Waals surface area contributed by atoms with Crippen LogP contribution in [0.3, 0.4) is 0 Å². The number of pyridine rings is 1. The lowest BCUT2D eigenvalue weighted by Crippen LogP contribution is -2.37. The molecule has 1 N–H and O–H groups in total. The number of anilines is 1. The van der Waals surface area contributed by atoms with E-state index in [1.165, 1.54) is 55.2 Å². The molecular weight excluding hydrogens is 372 g/mol. The zero-order valence-electron chi connectivity index (χ0n) is 14.8. The molecule has 9 nitrogen and oxygen atoms in total. The van der Waals surface area contributed by atoms with Gasteiger partial charge in [0.05, 0.1) is 22.2 Å². The second-order valence-electron chi connectivity index (χ2n) is 6.05. The number of fused-ring (bicyclic) bond motifs is 1. The summed E-state index contributed by atoms with van der Waals surface area (Å²) in [7, 11) is -0.493. The summed E-state index contributed by atoms with van der Waals surface area (Å²) >= 11 is 0. The van der Waals surface area contributed by atoms with Crippen LogP contribution in [-0.4, -0.2) is 34.7 Å². The van der Waals surface area contributed by atoms with Crippen molar-refractivity contribution in [1.82, 2.24) is 14.1 Å². The van der Waals surface area contributed by atoms with Gasteiger partial charge in [0, 0.05) is 25.9 Å². The van der Waals surface area contributed by atoms with Crippen LogP contribution in [0, 0.1) is 0 Å². The normalized spacial score (nSPS) is 11.5. The first-order valence-electron chi connectivity index (χ1n) is 7.77. The number of nitrogens with one attached hydrogen (secondary N) is 1. The lowest BCUT2D eigenvalue weighted by atomic mass is 10.2. The van der Waals surface area contributed by atoms with Crippen molar-refractivity contribution >= 4 is 32.5 Å². The van der Waals surface area contributed by atoms with Gasteiger partial charge in [-0.15, -0.1) is 0 Å². The van der Waals surface area contributed by atoms with Crippen LogP contribution in [0.5, 0.6) is 0 Å². The van der Waals surface area contributed by atoms with Crippen molar-refractivity contribution in [3.8, 4) is 0 Å². The Labute approximate surface area is 153 Å². The van der Waals surface area contributed by atoms with Crippen molar-refractivity contribution in [3.05, 3.63) is 62.9 Å². The second-order valence-corrected chi connectivity index (χ2v) is 8.07. The fourth-order valence-corrected chi connectivity index (χ4v) is 3.22. The van der Waals surface area contributed by atoms with Crippen molar-refractivity contribution in [2.45, 2.75) is 4.90 Å². The van der Waals surface area contributed by atoms with E-state index < -0.39 is 27.0 Å². The van der Waals surface area contributed by atoms with Gasteiger partial charge in [0.25, 0.3) is 11.5 Å². The molecule has 1 aromatic carbocycles.